The van der Waals surface area contributed by atoms with E-state index in [4.69, 9.17) is 23.2 Å². The van der Waals surface area contributed by atoms with E-state index in [0.717, 1.165) is 72.9 Å². The van der Waals surface area contributed by atoms with Crippen LogP contribution < -0.4 is 5.32 Å². The van der Waals surface area contributed by atoms with Crippen LogP contribution in [-0.4, -0.2) is 57.7 Å². The number of carbonyl (C=O) groups is 1. The molecule has 0 spiro atoms. The summed E-state index contributed by atoms with van der Waals surface area (Å²) in [4.78, 5) is 19.6. The molecule has 6 nitrogen and oxygen atoms in total. The number of anilines is 1. The molecule has 1 unspecified atom stereocenters. The van der Waals surface area contributed by atoms with Crippen LogP contribution in [0.1, 0.15) is 55.8 Å². The zero-order valence-corrected chi connectivity index (χ0v) is 22.5. The van der Waals surface area contributed by atoms with Gasteiger partial charge in [0.1, 0.15) is 0 Å². The van der Waals surface area contributed by atoms with Crippen molar-refractivity contribution in [1.82, 2.24) is 9.88 Å². The van der Waals surface area contributed by atoms with Gasteiger partial charge in [0.15, 0.2) is 11.5 Å². The van der Waals surface area contributed by atoms with Gasteiger partial charge in [-0.15, -0.1) is 0 Å². The minimum absolute atomic E-state index is 0.0317. The van der Waals surface area contributed by atoms with E-state index in [1.165, 1.54) is 6.42 Å². The van der Waals surface area contributed by atoms with Gasteiger partial charge in [0.05, 0.1) is 33.4 Å². The second-order valence-electron chi connectivity index (χ2n) is 10.5. The lowest BCUT2D eigenvalue weighted by Gasteiger charge is -2.34. The first-order valence-corrected chi connectivity index (χ1v) is 13.8. The van der Waals surface area contributed by atoms with Crippen molar-refractivity contribution >= 4 is 45.6 Å². The molecule has 2 aromatic carbocycles. The number of benzene rings is 2. The van der Waals surface area contributed by atoms with Crippen LogP contribution in [-0.2, 0) is 0 Å². The number of nitrogens with one attached hydrogen (secondary N) is 1. The molecule has 3 aromatic rings. The van der Waals surface area contributed by atoms with E-state index < -0.39 is 0 Å². The third kappa shape index (κ3) is 5.58. The number of halogens is 2. The average molecular weight is 543 g/mol. The predicted molar refractivity (Wildman–Crippen MR) is 150 cm³/mol. The van der Waals surface area contributed by atoms with Gasteiger partial charge in [0.25, 0.3) is 0 Å². The summed E-state index contributed by atoms with van der Waals surface area (Å²) in [6.45, 7) is 3.98. The van der Waals surface area contributed by atoms with Crippen molar-refractivity contribution in [2.45, 2.75) is 57.5 Å². The van der Waals surface area contributed by atoms with E-state index in [2.05, 4.69) is 15.2 Å². The minimum atomic E-state index is -0.136. The van der Waals surface area contributed by atoms with Crippen molar-refractivity contribution in [2.75, 3.05) is 25.0 Å². The maximum absolute atomic E-state index is 12.6. The Morgan fingerprint density at radius 3 is 2.49 bits per heavy atom. The number of carbonyl (C=O) groups excluding carboxylic acids is 1. The fourth-order valence-corrected chi connectivity index (χ4v) is 6.38. The summed E-state index contributed by atoms with van der Waals surface area (Å²) in [6.07, 6.45) is 8.26. The zero-order valence-electron chi connectivity index (χ0n) is 21.0. The number of likely N-dealkylation sites (tertiary alicyclic amines) is 1. The molecule has 0 radical (unpaired) electrons. The van der Waals surface area contributed by atoms with Crippen LogP contribution >= 0.6 is 23.2 Å². The number of phenols is 1. The van der Waals surface area contributed by atoms with Gasteiger partial charge < -0.3 is 15.5 Å². The number of phenolic OH excluding ortho intramolecular Hbond substituents is 1. The van der Waals surface area contributed by atoms with E-state index in [1.807, 2.05) is 18.2 Å². The number of nitrogens with zero attached hydrogens (tertiary/aromatic N) is 2. The number of hydrogen-bond donors (Lipinski definition) is 3. The summed E-state index contributed by atoms with van der Waals surface area (Å²) in [7, 11) is 0. The Labute approximate surface area is 227 Å². The van der Waals surface area contributed by atoms with Crippen LogP contribution in [0.5, 0.6) is 5.75 Å². The highest BCUT2D eigenvalue weighted by atomic mass is 35.5. The number of Topliss-reactive ketones (excluding diaryl/α,β-unsaturated/α-hetero) is 1. The normalized spacial score (nSPS) is 22.4. The lowest BCUT2D eigenvalue weighted by Crippen LogP contribution is -2.38. The number of rotatable bonds is 7. The first-order valence-electron chi connectivity index (χ1n) is 13.1. The van der Waals surface area contributed by atoms with Crippen molar-refractivity contribution in [3.05, 3.63) is 52.1 Å². The van der Waals surface area contributed by atoms with Crippen molar-refractivity contribution in [3.63, 3.8) is 0 Å². The molecule has 1 atom stereocenters. The SMILES string of the molecule is CC(=O)c1cnc2ccc(-c3cc(Cl)c(O)c(Cl)c3)cc2c1NC1CCC(CN2CCCC2CO)CC1. The van der Waals surface area contributed by atoms with Crippen LogP contribution in [0.3, 0.4) is 0 Å². The fourth-order valence-electron chi connectivity index (χ4n) is 5.89. The molecular weight excluding hydrogens is 509 g/mol. The summed E-state index contributed by atoms with van der Waals surface area (Å²) >= 11 is 12.4. The molecule has 5 rings (SSSR count). The summed E-state index contributed by atoms with van der Waals surface area (Å²) in [6, 6.07) is 9.83. The highest BCUT2D eigenvalue weighted by Gasteiger charge is 2.29. The Kier molecular flexibility index (Phi) is 7.91. The number of ketones is 1. The fraction of sp³-hybridized carbons (Fsp3) is 0.448. The smallest absolute Gasteiger partial charge is 0.163 e. The molecule has 0 amide bonds. The summed E-state index contributed by atoms with van der Waals surface area (Å²) in [5.74, 6) is 0.473. The standard InChI is InChI=1S/C29H33Cl2N3O3/c1-17(36)24-14-32-27-9-6-19(20-12-25(30)29(37)26(31)13-20)11-23(27)28(24)33-21-7-4-18(5-8-21)15-34-10-2-3-22(34)16-35/h6,9,11-14,18,21-22,35,37H,2-5,7-8,10,15-16H2,1H3,(H,32,33). The molecular formula is C29H33Cl2N3O3. The summed E-state index contributed by atoms with van der Waals surface area (Å²) in [5, 5.41) is 24.6. The minimum Gasteiger partial charge on any atom is -0.505 e. The molecule has 196 valence electrons. The molecule has 1 aromatic heterocycles. The third-order valence-electron chi connectivity index (χ3n) is 8.00. The van der Waals surface area contributed by atoms with Gasteiger partial charge in [-0.1, -0.05) is 29.3 Å². The Balaban J connectivity index is 1.39. The van der Waals surface area contributed by atoms with Crippen LogP contribution in [0.2, 0.25) is 10.0 Å². The van der Waals surface area contributed by atoms with Gasteiger partial charge in [-0.25, -0.2) is 0 Å². The highest BCUT2D eigenvalue weighted by molar-refractivity contribution is 6.37. The number of fused-ring (bicyclic) bond motifs is 1. The molecule has 0 bridgehead atoms. The van der Waals surface area contributed by atoms with Gasteiger partial charge in [0, 0.05) is 30.2 Å². The Bertz CT molecular complexity index is 1280. The maximum Gasteiger partial charge on any atom is 0.163 e. The molecule has 1 saturated heterocycles. The average Bonchev–Trinajstić information content (AvgIpc) is 3.34. The molecule has 8 heteroatoms. The molecule has 1 aliphatic heterocycles. The first kappa shape index (κ1) is 26.2. The largest absolute Gasteiger partial charge is 0.505 e. The van der Waals surface area contributed by atoms with E-state index in [0.29, 0.717) is 17.5 Å². The number of aliphatic hydroxyl groups excluding tert-OH is 1. The summed E-state index contributed by atoms with van der Waals surface area (Å²) < 4.78 is 0. The van der Waals surface area contributed by atoms with Gasteiger partial charge in [-0.3, -0.25) is 14.7 Å². The number of aromatic hydroxyl groups is 1. The monoisotopic (exact) mass is 541 g/mol. The predicted octanol–water partition coefficient (Wildman–Crippen LogP) is 6.54. The summed E-state index contributed by atoms with van der Waals surface area (Å²) in [5.41, 5.74) is 3.84. The van der Waals surface area contributed by atoms with Gasteiger partial charge >= 0.3 is 0 Å². The number of aromatic nitrogens is 1. The lowest BCUT2D eigenvalue weighted by atomic mass is 9.85. The van der Waals surface area contributed by atoms with E-state index in [9.17, 15) is 15.0 Å². The Morgan fingerprint density at radius 1 is 1.08 bits per heavy atom. The highest BCUT2D eigenvalue weighted by Crippen LogP contribution is 2.39. The van der Waals surface area contributed by atoms with Crippen molar-refractivity contribution in [2.24, 2.45) is 5.92 Å². The zero-order chi connectivity index (χ0) is 26.1. The van der Waals surface area contributed by atoms with Gasteiger partial charge in [-0.2, -0.15) is 0 Å². The van der Waals surface area contributed by atoms with Crippen LogP contribution in [0.25, 0.3) is 22.0 Å². The molecule has 37 heavy (non-hydrogen) atoms. The van der Waals surface area contributed by atoms with Crippen molar-refractivity contribution in [1.29, 1.82) is 0 Å². The lowest BCUT2D eigenvalue weighted by molar-refractivity contribution is 0.101. The topological polar surface area (TPSA) is 85.7 Å². The number of hydrogen-bond acceptors (Lipinski definition) is 6. The number of aliphatic hydroxyl groups is 1. The first-order chi connectivity index (χ1) is 17.8. The second-order valence-corrected chi connectivity index (χ2v) is 11.3. The molecule has 2 aliphatic rings. The van der Waals surface area contributed by atoms with E-state index in [1.54, 1.807) is 25.3 Å². The maximum atomic E-state index is 12.6. The Hall–Kier alpha value is -2.38. The third-order valence-corrected chi connectivity index (χ3v) is 8.57. The molecule has 1 aliphatic carbocycles. The molecule has 2 fully saturated rings. The van der Waals surface area contributed by atoms with Crippen LogP contribution in [0.15, 0.2) is 36.5 Å². The quantitative estimate of drug-likeness (QED) is 0.294. The molecule has 3 N–H and O–H groups in total. The van der Waals surface area contributed by atoms with E-state index >= 15 is 0 Å². The van der Waals surface area contributed by atoms with Crippen molar-refractivity contribution in [3.8, 4) is 16.9 Å². The van der Waals surface area contributed by atoms with Crippen LogP contribution in [0, 0.1) is 5.92 Å². The van der Waals surface area contributed by atoms with Crippen LogP contribution in [0.4, 0.5) is 5.69 Å². The molecule has 2 heterocycles. The number of pyridine rings is 1. The van der Waals surface area contributed by atoms with Gasteiger partial charge in [-0.05, 0) is 93.3 Å². The second kappa shape index (κ2) is 11.2. The van der Waals surface area contributed by atoms with Crippen molar-refractivity contribution < 1.29 is 15.0 Å². The Morgan fingerprint density at radius 2 is 1.81 bits per heavy atom. The van der Waals surface area contributed by atoms with Gasteiger partial charge in [0.2, 0.25) is 0 Å². The molecule has 1 saturated carbocycles. The van der Waals surface area contributed by atoms with E-state index in [-0.39, 0.29) is 34.2 Å².